The van der Waals surface area contributed by atoms with E-state index in [1.54, 1.807) is 4.90 Å². The van der Waals surface area contributed by atoms with Gasteiger partial charge in [-0.15, -0.1) is 12.4 Å². The molecule has 4 rings (SSSR count). The number of anilines is 2. The van der Waals surface area contributed by atoms with Crippen LogP contribution in [0, 0.1) is 6.92 Å². The first-order valence-corrected chi connectivity index (χ1v) is 8.42. The summed E-state index contributed by atoms with van der Waals surface area (Å²) in [7, 11) is 0. The number of amides is 1. The highest BCUT2D eigenvalue weighted by atomic mass is 35.5. The molecule has 2 aliphatic rings. The summed E-state index contributed by atoms with van der Waals surface area (Å²) in [5.41, 5.74) is 9.95. The number of aryl methyl sites for hydroxylation is 1. The Labute approximate surface area is 152 Å². The number of rotatable bonds is 1. The predicted molar refractivity (Wildman–Crippen MR) is 98.8 cm³/mol. The molecule has 1 aromatic carbocycles. The van der Waals surface area contributed by atoms with E-state index in [1.807, 2.05) is 25.1 Å². The number of ketones is 1. The summed E-state index contributed by atoms with van der Waals surface area (Å²) >= 11 is 0. The van der Waals surface area contributed by atoms with Crippen LogP contribution in [-0.2, 0) is 12.8 Å². The highest BCUT2D eigenvalue weighted by Gasteiger charge is 2.33. The van der Waals surface area contributed by atoms with Gasteiger partial charge in [0.25, 0.3) is 5.91 Å². The number of fused-ring (bicyclic) bond motifs is 2. The lowest BCUT2D eigenvalue weighted by molar-refractivity contribution is 0.0947. The van der Waals surface area contributed by atoms with Crippen LogP contribution in [-0.4, -0.2) is 18.2 Å². The zero-order chi connectivity index (χ0) is 16.8. The minimum Gasteiger partial charge on any atom is -0.455 e. The SMILES string of the molecule is Cc1c(C(=O)N2CCCc3c(N)cccc32)oc2c1C(=O)CCC2.Cl. The molecule has 25 heavy (non-hydrogen) atoms. The second kappa shape index (κ2) is 6.56. The number of carbonyl (C=O) groups is 2. The van der Waals surface area contributed by atoms with Crippen molar-refractivity contribution in [3.8, 4) is 0 Å². The van der Waals surface area contributed by atoms with Crippen LogP contribution in [0.1, 0.15) is 57.1 Å². The van der Waals surface area contributed by atoms with Gasteiger partial charge < -0.3 is 15.1 Å². The van der Waals surface area contributed by atoms with Crippen LogP contribution in [0.2, 0.25) is 0 Å². The molecule has 0 saturated carbocycles. The van der Waals surface area contributed by atoms with Gasteiger partial charge >= 0.3 is 0 Å². The Morgan fingerprint density at radius 3 is 2.76 bits per heavy atom. The summed E-state index contributed by atoms with van der Waals surface area (Å²) in [6, 6.07) is 5.65. The van der Waals surface area contributed by atoms with Crippen molar-refractivity contribution in [2.24, 2.45) is 0 Å². The number of hydrogen-bond donors (Lipinski definition) is 1. The topological polar surface area (TPSA) is 76.5 Å². The fourth-order valence-electron chi connectivity index (χ4n) is 3.84. The summed E-state index contributed by atoms with van der Waals surface area (Å²) in [5, 5.41) is 0. The Morgan fingerprint density at radius 1 is 1.20 bits per heavy atom. The van der Waals surface area contributed by atoms with Crippen molar-refractivity contribution in [3.05, 3.63) is 46.4 Å². The number of nitrogens with zero attached hydrogens (tertiary/aromatic N) is 1. The van der Waals surface area contributed by atoms with Gasteiger partial charge in [-0.05, 0) is 43.9 Å². The molecule has 0 fully saturated rings. The molecule has 6 heteroatoms. The fraction of sp³-hybridized carbons (Fsp3) is 0.368. The van der Waals surface area contributed by atoms with Gasteiger partial charge in [-0.25, -0.2) is 0 Å². The Morgan fingerprint density at radius 2 is 2.00 bits per heavy atom. The van der Waals surface area contributed by atoms with Crippen molar-refractivity contribution in [1.29, 1.82) is 0 Å². The number of benzene rings is 1. The summed E-state index contributed by atoms with van der Waals surface area (Å²) < 4.78 is 5.82. The van der Waals surface area contributed by atoms with Crippen LogP contribution in [0.15, 0.2) is 22.6 Å². The molecule has 132 valence electrons. The van der Waals surface area contributed by atoms with E-state index < -0.39 is 0 Å². The molecule has 1 aliphatic carbocycles. The van der Waals surface area contributed by atoms with Crippen molar-refractivity contribution in [3.63, 3.8) is 0 Å². The lowest BCUT2D eigenvalue weighted by atomic mass is 9.93. The third-order valence-corrected chi connectivity index (χ3v) is 5.03. The van der Waals surface area contributed by atoms with Crippen molar-refractivity contribution >= 4 is 35.5 Å². The van der Waals surface area contributed by atoms with E-state index in [9.17, 15) is 9.59 Å². The van der Waals surface area contributed by atoms with Crippen LogP contribution in [0.3, 0.4) is 0 Å². The molecule has 0 bridgehead atoms. The van der Waals surface area contributed by atoms with Crippen molar-refractivity contribution in [2.45, 2.75) is 39.0 Å². The summed E-state index contributed by atoms with van der Waals surface area (Å²) in [4.78, 5) is 27.0. The monoisotopic (exact) mass is 360 g/mol. The number of hydrogen-bond acceptors (Lipinski definition) is 4. The summed E-state index contributed by atoms with van der Waals surface area (Å²) in [6.07, 6.45) is 3.78. The van der Waals surface area contributed by atoms with Crippen LogP contribution < -0.4 is 10.6 Å². The first-order chi connectivity index (χ1) is 11.6. The third kappa shape index (κ3) is 2.72. The zero-order valence-electron chi connectivity index (χ0n) is 14.1. The average Bonchev–Trinajstić information content (AvgIpc) is 2.92. The number of Topliss-reactive ketones (excluding diaryl/α,β-unsaturated/α-hetero) is 1. The van der Waals surface area contributed by atoms with Gasteiger partial charge in [-0.1, -0.05) is 6.07 Å². The summed E-state index contributed by atoms with van der Waals surface area (Å²) in [5.74, 6) is 0.864. The van der Waals surface area contributed by atoms with E-state index >= 15 is 0 Å². The number of furan rings is 1. The van der Waals surface area contributed by atoms with Crippen molar-refractivity contribution in [1.82, 2.24) is 0 Å². The number of halogens is 1. The average molecular weight is 361 g/mol. The second-order valence-corrected chi connectivity index (χ2v) is 6.54. The van der Waals surface area contributed by atoms with Gasteiger partial charge in [-0.3, -0.25) is 9.59 Å². The lowest BCUT2D eigenvalue weighted by Gasteiger charge is -2.29. The van der Waals surface area contributed by atoms with Crippen molar-refractivity contribution in [2.75, 3.05) is 17.2 Å². The molecule has 0 radical (unpaired) electrons. The molecule has 1 amide bonds. The van der Waals surface area contributed by atoms with E-state index in [2.05, 4.69) is 0 Å². The number of carbonyl (C=O) groups excluding carboxylic acids is 2. The normalized spacial score (nSPS) is 16.0. The maximum atomic E-state index is 13.1. The molecule has 0 spiro atoms. The van der Waals surface area contributed by atoms with Crippen LogP contribution in [0.25, 0.3) is 0 Å². The summed E-state index contributed by atoms with van der Waals surface area (Å²) in [6.45, 7) is 2.44. The van der Waals surface area contributed by atoms with Gasteiger partial charge in [0.1, 0.15) is 5.76 Å². The van der Waals surface area contributed by atoms with Gasteiger partial charge in [0, 0.05) is 36.3 Å². The molecule has 2 N–H and O–H groups in total. The highest BCUT2D eigenvalue weighted by molar-refractivity contribution is 6.09. The van der Waals surface area contributed by atoms with Crippen LogP contribution in [0.5, 0.6) is 0 Å². The largest absolute Gasteiger partial charge is 0.455 e. The minimum absolute atomic E-state index is 0. The predicted octanol–water partition coefficient (Wildman–Crippen LogP) is 3.70. The van der Waals surface area contributed by atoms with Gasteiger partial charge in [0.15, 0.2) is 11.5 Å². The van der Waals surface area contributed by atoms with Gasteiger partial charge in [-0.2, -0.15) is 0 Å². The Hall–Kier alpha value is -2.27. The Kier molecular flexibility index (Phi) is 4.60. The molecule has 0 unspecified atom stereocenters. The first-order valence-electron chi connectivity index (χ1n) is 8.42. The molecule has 2 heterocycles. The molecular weight excluding hydrogens is 340 g/mol. The maximum Gasteiger partial charge on any atom is 0.294 e. The number of nitrogen functional groups attached to an aromatic ring is 1. The van der Waals surface area contributed by atoms with Crippen molar-refractivity contribution < 1.29 is 14.0 Å². The lowest BCUT2D eigenvalue weighted by Crippen LogP contribution is -2.36. The zero-order valence-corrected chi connectivity index (χ0v) is 14.9. The quantitative estimate of drug-likeness (QED) is 0.786. The van der Waals surface area contributed by atoms with E-state index in [-0.39, 0.29) is 24.1 Å². The van der Waals surface area contributed by atoms with E-state index in [0.717, 1.165) is 42.6 Å². The highest BCUT2D eigenvalue weighted by Crippen LogP contribution is 2.35. The van der Waals surface area contributed by atoms with Gasteiger partial charge in [0.2, 0.25) is 0 Å². The van der Waals surface area contributed by atoms with E-state index in [4.69, 9.17) is 10.2 Å². The first kappa shape index (κ1) is 17.5. The Bertz CT molecular complexity index is 857. The molecule has 0 atom stereocenters. The smallest absolute Gasteiger partial charge is 0.294 e. The Balaban J connectivity index is 0.00000182. The fourth-order valence-corrected chi connectivity index (χ4v) is 3.84. The molecule has 5 nitrogen and oxygen atoms in total. The van der Waals surface area contributed by atoms with E-state index in [1.165, 1.54) is 0 Å². The number of nitrogens with two attached hydrogens (primary N) is 1. The molecule has 1 aromatic heterocycles. The van der Waals surface area contributed by atoms with Gasteiger partial charge in [0.05, 0.1) is 5.56 Å². The molecule has 2 aromatic rings. The van der Waals surface area contributed by atoms with E-state index in [0.29, 0.717) is 35.6 Å². The third-order valence-electron chi connectivity index (χ3n) is 5.03. The second-order valence-electron chi connectivity index (χ2n) is 6.54. The minimum atomic E-state index is -0.179. The molecule has 0 saturated heterocycles. The van der Waals surface area contributed by atoms with Crippen LogP contribution >= 0.6 is 12.4 Å². The maximum absolute atomic E-state index is 13.1. The van der Waals surface area contributed by atoms with Crippen LogP contribution in [0.4, 0.5) is 11.4 Å². The standard InChI is InChI=1S/C19H20N2O3.ClH/c1-11-17-15(22)8-3-9-16(17)24-18(11)19(23)21-10-4-5-12-13(20)6-2-7-14(12)21;/h2,6-7H,3-5,8-10,20H2,1H3;1H. The molecule has 1 aliphatic heterocycles. The molecular formula is C19H21ClN2O3.